The Morgan fingerprint density at radius 2 is 1.36 bits per heavy atom. The van der Waals surface area contributed by atoms with E-state index in [-0.39, 0.29) is 10.8 Å². The summed E-state index contributed by atoms with van der Waals surface area (Å²) in [5, 5.41) is 11.1. The number of fused-ring (bicyclic) bond motifs is 8. The van der Waals surface area contributed by atoms with Crippen LogP contribution in [-0.4, -0.2) is 16.5 Å². The Balaban J connectivity index is 0.000000143. The predicted octanol–water partition coefficient (Wildman–Crippen LogP) is 10.2. The van der Waals surface area contributed by atoms with Crippen LogP contribution in [0, 0.1) is 58.7 Å². The SMILES string of the molecule is C#C[C@]1(O)CCC2C3CCC4=C(CC=C(C)C4)C3CC[C@@]21CC.CC[C@]12CCC3C4=C(CCC3C1CCC2=O)CC(C)=CC4. The smallest absolute Gasteiger partial charge is 0.139 e. The molecule has 0 aromatic carbocycles. The van der Waals surface area contributed by atoms with Gasteiger partial charge in [0.25, 0.3) is 0 Å². The molecular formula is C42H58O2. The molecule has 9 atom stereocenters. The van der Waals surface area contributed by atoms with Crippen LogP contribution in [0.25, 0.3) is 0 Å². The third-order valence-electron chi connectivity index (χ3n) is 15.4. The summed E-state index contributed by atoms with van der Waals surface area (Å²) in [7, 11) is 0. The molecule has 0 heterocycles. The summed E-state index contributed by atoms with van der Waals surface area (Å²) in [4.78, 5) is 12.5. The highest BCUT2D eigenvalue weighted by Gasteiger charge is 2.63. The van der Waals surface area contributed by atoms with E-state index in [1.54, 1.807) is 33.4 Å². The first kappa shape index (κ1) is 30.8. The van der Waals surface area contributed by atoms with Crippen molar-refractivity contribution in [2.24, 2.45) is 46.3 Å². The molecular weight excluding hydrogens is 536 g/mol. The van der Waals surface area contributed by atoms with E-state index in [0.29, 0.717) is 17.6 Å². The zero-order valence-corrected chi connectivity index (χ0v) is 28.3. The highest BCUT2D eigenvalue weighted by atomic mass is 16.3. The maximum absolute atomic E-state index is 12.5. The van der Waals surface area contributed by atoms with E-state index < -0.39 is 5.60 Å². The molecule has 0 saturated heterocycles. The molecule has 2 heteroatoms. The first-order valence-corrected chi connectivity index (χ1v) is 18.7. The molecule has 4 saturated carbocycles. The monoisotopic (exact) mass is 594 g/mol. The second kappa shape index (κ2) is 11.4. The number of ketones is 1. The van der Waals surface area contributed by atoms with Gasteiger partial charge in [0, 0.05) is 17.3 Å². The number of hydrogen-bond donors (Lipinski definition) is 1. The van der Waals surface area contributed by atoms with E-state index in [0.717, 1.165) is 62.2 Å². The van der Waals surface area contributed by atoms with Crippen LogP contribution in [0.2, 0.25) is 0 Å². The fourth-order valence-corrected chi connectivity index (χ4v) is 13.2. The summed E-state index contributed by atoms with van der Waals surface area (Å²) in [6.45, 7) is 9.08. The second-order valence-electron chi connectivity index (χ2n) is 16.6. The molecule has 238 valence electrons. The van der Waals surface area contributed by atoms with Gasteiger partial charge < -0.3 is 5.11 Å². The number of carbonyl (C=O) groups is 1. The van der Waals surface area contributed by atoms with Gasteiger partial charge in [-0.2, -0.15) is 0 Å². The van der Waals surface area contributed by atoms with Crippen molar-refractivity contribution < 1.29 is 9.90 Å². The summed E-state index contributed by atoms with van der Waals surface area (Å²) in [6, 6.07) is 0. The third-order valence-corrected chi connectivity index (χ3v) is 15.4. The van der Waals surface area contributed by atoms with Gasteiger partial charge in [0.15, 0.2) is 0 Å². The van der Waals surface area contributed by atoms with Crippen LogP contribution in [0.4, 0.5) is 0 Å². The molecule has 0 bridgehead atoms. The van der Waals surface area contributed by atoms with Crippen molar-refractivity contribution in [1.29, 1.82) is 0 Å². The van der Waals surface area contributed by atoms with Crippen LogP contribution in [0.15, 0.2) is 45.6 Å². The summed E-state index contributed by atoms with van der Waals surface area (Å²) < 4.78 is 0. The molecule has 2 nitrogen and oxygen atoms in total. The van der Waals surface area contributed by atoms with Gasteiger partial charge >= 0.3 is 0 Å². The summed E-state index contributed by atoms with van der Waals surface area (Å²) >= 11 is 0. The van der Waals surface area contributed by atoms with Crippen LogP contribution in [0.3, 0.4) is 0 Å². The van der Waals surface area contributed by atoms with Crippen LogP contribution in [0.1, 0.15) is 143 Å². The zero-order valence-electron chi connectivity index (χ0n) is 28.3. The van der Waals surface area contributed by atoms with Crippen molar-refractivity contribution in [3.63, 3.8) is 0 Å². The fraction of sp³-hybridized carbons (Fsp3) is 0.738. The summed E-state index contributed by atoms with van der Waals surface area (Å²) in [5.41, 5.74) is 9.43. The number of allylic oxidation sites excluding steroid dienone is 8. The fourth-order valence-electron chi connectivity index (χ4n) is 13.2. The lowest BCUT2D eigenvalue weighted by Crippen LogP contribution is -2.52. The second-order valence-corrected chi connectivity index (χ2v) is 16.6. The zero-order chi connectivity index (χ0) is 30.9. The molecule has 0 aliphatic heterocycles. The maximum atomic E-state index is 12.5. The molecule has 0 aromatic rings. The van der Waals surface area contributed by atoms with Crippen LogP contribution in [-0.2, 0) is 4.79 Å². The first-order valence-electron chi connectivity index (χ1n) is 18.7. The molecule has 6 unspecified atom stereocenters. The molecule has 4 fully saturated rings. The van der Waals surface area contributed by atoms with Crippen molar-refractivity contribution in [3.05, 3.63) is 45.6 Å². The largest absolute Gasteiger partial charge is 0.377 e. The summed E-state index contributed by atoms with van der Waals surface area (Å²) in [6.07, 6.45) is 31.8. The molecule has 0 aromatic heterocycles. The minimum atomic E-state index is -0.852. The molecule has 0 spiro atoms. The van der Waals surface area contributed by atoms with Gasteiger partial charge in [-0.15, -0.1) is 6.42 Å². The molecule has 0 amide bonds. The summed E-state index contributed by atoms with van der Waals surface area (Å²) in [5.74, 6) is 7.92. The van der Waals surface area contributed by atoms with E-state index in [9.17, 15) is 9.90 Å². The Morgan fingerprint density at radius 1 is 0.773 bits per heavy atom. The Morgan fingerprint density at radius 3 is 1.93 bits per heavy atom. The number of Topliss-reactive ketones (excluding diaryl/α,β-unsaturated/α-hetero) is 1. The molecule has 8 aliphatic carbocycles. The number of terminal acetylenes is 1. The Hall–Kier alpha value is -1.85. The van der Waals surface area contributed by atoms with Gasteiger partial charge in [-0.3, -0.25) is 4.79 Å². The standard InChI is InChI=1S/C22H30O.C20H28O/c1-4-21-12-10-18-17-8-6-15(3)14-16(17)7-9-19(18)20(21)11-13-22(21,23)5-2;1-3-20-11-10-16-15-6-4-13(2)12-14(15)5-7-17(16)18(20)8-9-19(20)21/h2,6,18-20,23H,4,7-14H2,1,3H3;4,16-18H,3,5-12H2,1-2H3/t18?,19?,20?,21-,22-;16?,17?,18?,20-/m00/s1. The highest BCUT2D eigenvalue weighted by Crippen LogP contribution is 2.66. The van der Waals surface area contributed by atoms with E-state index in [4.69, 9.17) is 6.42 Å². The first-order chi connectivity index (χ1) is 21.2. The number of carbonyl (C=O) groups excluding carboxylic acids is 1. The van der Waals surface area contributed by atoms with E-state index in [1.807, 2.05) is 0 Å². The molecule has 8 rings (SSSR count). The number of aliphatic hydroxyl groups is 1. The average molecular weight is 595 g/mol. The van der Waals surface area contributed by atoms with Crippen molar-refractivity contribution in [3.8, 4) is 12.3 Å². The third kappa shape index (κ3) is 4.48. The van der Waals surface area contributed by atoms with Gasteiger partial charge in [0.05, 0.1) is 0 Å². The van der Waals surface area contributed by atoms with E-state index in [1.165, 1.54) is 77.0 Å². The lowest BCUT2D eigenvalue weighted by atomic mass is 9.51. The molecule has 8 aliphatic rings. The quantitative estimate of drug-likeness (QED) is 0.255. The van der Waals surface area contributed by atoms with Crippen LogP contribution < -0.4 is 0 Å². The topological polar surface area (TPSA) is 37.3 Å². The van der Waals surface area contributed by atoms with Gasteiger partial charge in [-0.05, 0) is 159 Å². The molecule has 1 N–H and O–H groups in total. The van der Waals surface area contributed by atoms with Crippen molar-refractivity contribution >= 4 is 5.78 Å². The maximum Gasteiger partial charge on any atom is 0.139 e. The minimum Gasteiger partial charge on any atom is -0.377 e. The lowest BCUT2D eigenvalue weighted by molar-refractivity contribution is -0.131. The van der Waals surface area contributed by atoms with Crippen LogP contribution >= 0.6 is 0 Å². The molecule has 44 heavy (non-hydrogen) atoms. The Kier molecular flexibility index (Phi) is 8.00. The number of rotatable bonds is 2. The average Bonchev–Trinajstić information content (AvgIpc) is 3.55. The minimum absolute atomic E-state index is 0.0125. The van der Waals surface area contributed by atoms with Gasteiger partial charge in [-0.1, -0.05) is 65.4 Å². The Bertz CT molecular complexity index is 1360. The Labute approximate surface area is 268 Å². The lowest BCUT2D eigenvalue weighted by Gasteiger charge is -2.54. The van der Waals surface area contributed by atoms with E-state index >= 15 is 0 Å². The van der Waals surface area contributed by atoms with Gasteiger partial charge in [0.1, 0.15) is 11.4 Å². The van der Waals surface area contributed by atoms with Crippen molar-refractivity contribution in [2.45, 2.75) is 149 Å². The normalized spacial score (nSPS) is 44.0. The van der Waals surface area contributed by atoms with Crippen LogP contribution in [0.5, 0.6) is 0 Å². The van der Waals surface area contributed by atoms with E-state index in [2.05, 4.69) is 45.8 Å². The van der Waals surface area contributed by atoms with Crippen molar-refractivity contribution in [1.82, 2.24) is 0 Å². The predicted molar refractivity (Wildman–Crippen MR) is 181 cm³/mol. The highest BCUT2D eigenvalue weighted by molar-refractivity contribution is 5.87. The van der Waals surface area contributed by atoms with Gasteiger partial charge in [0.2, 0.25) is 0 Å². The van der Waals surface area contributed by atoms with Gasteiger partial charge in [-0.25, -0.2) is 0 Å². The molecule has 0 radical (unpaired) electrons. The van der Waals surface area contributed by atoms with Crippen molar-refractivity contribution in [2.75, 3.05) is 0 Å². The number of hydrogen-bond acceptors (Lipinski definition) is 2.